The van der Waals surface area contributed by atoms with Crippen molar-refractivity contribution in [3.63, 3.8) is 0 Å². The fraction of sp³-hybridized carbons (Fsp3) is 0.760. The number of hydrogen-bond acceptors (Lipinski definition) is 6. The van der Waals surface area contributed by atoms with Gasteiger partial charge < -0.3 is 9.84 Å². The van der Waals surface area contributed by atoms with Gasteiger partial charge in [0.2, 0.25) is 5.78 Å². The van der Waals surface area contributed by atoms with Gasteiger partial charge >= 0.3 is 5.97 Å². The van der Waals surface area contributed by atoms with Crippen LogP contribution in [0.5, 0.6) is 0 Å². The van der Waals surface area contributed by atoms with Crippen molar-refractivity contribution >= 4 is 23.3 Å². The van der Waals surface area contributed by atoms with E-state index in [2.05, 4.69) is 6.92 Å². The number of carbonyl (C=O) groups excluding carboxylic acids is 4. The summed E-state index contributed by atoms with van der Waals surface area (Å²) in [5, 5.41) is 11.4. The van der Waals surface area contributed by atoms with Gasteiger partial charge in [0.25, 0.3) is 0 Å². The van der Waals surface area contributed by atoms with Crippen molar-refractivity contribution in [2.24, 2.45) is 28.6 Å². The Kier molecular flexibility index (Phi) is 6.36. The first-order chi connectivity index (χ1) is 14.5. The van der Waals surface area contributed by atoms with E-state index in [-0.39, 0.29) is 41.2 Å². The zero-order valence-corrected chi connectivity index (χ0v) is 19.5. The predicted molar refractivity (Wildman–Crippen MR) is 115 cm³/mol. The molecule has 0 radical (unpaired) electrons. The predicted octanol–water partition coefficient (Wildman–Crippen LogP) is 3.59. The molecule has 4 aliphatic rings. The van der Waals surface area contributed by atoms with Crippen molar-refractivity contribution in [1.29, 1.82) is 0 Å². The van der Waals surface area contributed by atoms with Crippen LogP contribution in [0, 0.1) is 28.6 Å². The van der Waals surface area contributed by atoms with E-state index in [9.17, 15) is 24.3 Å². The van der Waals surface area contributed by atoms with Crippen LogP contribution < -0.4 is 0 Å². The Hall–Kier alpha value is -1.82. The van der Waals surface area contributed by atoms with Gasteiger partial charge in [0.15, 0.2) is 12.4 Å². The lowest BCUT2D eigenvalue weighted by Gasteiger charge is -2.57. The number of hydrogen-bond donors (Lipinski definition) is 1. The highest BCUT2D eigenvalue weighted by atomic mass is 16.5. The summed E-state index contributed by atoms with van der Waals surface area (Å²) >= 11 is 0. The largest absolute Gasteiger partial charge is 0.458 e. The fourth-order valence-electron chi connectivity index (χ4n) is 7.13. The van der Waals surface area contributed by atoms with Gasteiger partial charge in [0.1, 0.15) is 11.4 Å². The molecule has 0 saturated heterocycles. The number of rotatable bonds is 3. The first kappa shape index (κ1) is 23.8. The van der Waals surface area contributed by atoms with E-state index in [1.54, 1.807) is 6.08 Å². The van der Waals surface area contributed by atoms with Gasteiger partial charge in [0, 0.05) is 31.1 Å². The minimum absolute atomic E-state index is 0.0625. The molecule has 6 heteroatoms. The Labute approximate surface area is 184 Å². The number of ketones is 3. The molecule has 4 rings (SSSR count). The van der Waals surface area contributed by atoms with E-state index >= 15 is 0 Å². The Morgan fingerprint density at radius 3 is 2.45 bits per heavy atom. The van der Waals surface area contributed by atoms with Crippen LogP contribution in [0.1, 0.15) is 79.6 Å². The lowest BCUT2D eigenvalue weighted by Crippen LogP contribution is -2.61. The zero-order valence-electron chi connectivity index (χ0n) is 19.5. The van der Waals surface area contributed by atoms with Gasteiger partial charge in [-0.2, -0.15) is 0 Å². The van der Waals surface area contributed by atoms with Crippen molar-refractivity contribution in [1.82, 2.24) is 0 Å². The third kappa shape index (κ3) is 3.51. The molecule has 0 heterocycles. The standard InChI is InChI=1S/C23H30O6.C2H6/c1-13(24)29-12-19(27)23(28)9-7-17-16-5-4-14-10-15(25)6-8-21(14,2)20(16)18(26)11-22(17,23)3;1-2/h10,16-17,20,28H,4-9,11-12H2,1-3H3;1-2H3/t16?,17?,20?,21?,22?,23-;/m0./s1. The first-order valence-electron chi connectivity index (χ1n) is 11.7. The molecule has 172 valence electrons. The van der Waals surface area contributed by atoms with E-state index in [4.69, 9.17) is 4.74 Å². The molecule has 1 N–H and O–H groups in total. The summed E-state index contributed by atoms with van der Waals surface area (Å²) in [6, 6.07) is 0. The number of fused-ring (bicyclic) bond motifs is 5. The fourth-order valence-corrected chi connectivity index (χ4v) is 7.13. The quantitative estimate of drug-likeness (QED) is 0.685. The van der Waals surface area contributed by atoms with Gasteiger partial charge in [-0.3, -0.25) is 19.2 Å². The molecule has 31 heavy (non-hydrogen) atoms. The highest BCUT2D eigenvalue weighted by Gasteiger charge is 2.68. The van der Waals surface area contributed by atoms with E-state index in [1.807, 2.05) is 20.8 Å². The van der Waals surface area contributed by atoms with Gasteiger partial charge in [0.05, 0.1) is 0 Å². The average Bonchev–Trinajstić information content (AvgIpc) is 2.99. The molecule has 0 aliphatic heterocycles. The Balaban J connectivity index is 0.00000132. The van der Waals surface area contributed by atoms with Crippen LogP contribution >= 0.6 is 0 Å². The van der Waals surface area contributed by atoms with Crippen molar-refractivity contribution in [3.05, 3.63) is 11.6 Å². The second-order valence-corrected chi connectivity index (χ2v) is 10.0. The molecule has 0 spiro atoms. The normalized spacial score (nSPS) is 41.1. The Morgan fingerprint density at radius 1 is 1.13 bits per heavy atom. The third-order valence-electron chi connectivity index (χ3n) is 8.67. The summed E-state index contributed by atoms with van der Waals surface area (Å²) in [7, 11) is 0. The van der Waals surface area contributed by atoms with Gasteiger partial charge in [-0.25, -0.2) is 0 Å². The molecular formula is C25H36O6. The average molecular weight is 433 g/mol. The molecule has 0 bridgehead atoms. The second kappa shape index (κ2) is 8.27. The summed E-state index contributed by atoms with van der Waals surface area (Å²) in [6.45, 7) is 8.76. The molecule has 0 aromatic rings. The topological polar surface area (TPSA) is 97.7 Å². The van der Waals surface area contributed by atoms with Gasteiger partial charge in [-0.1, -0.05) is 33.3 Å². The van der Waals surface area contributed by atoms with Crippen LogP contribution in [0.25, 0.3) is 0 Å². The van der Waals surface area contributed by atoms with Crippen molar-refractivity contribution in [3.8, 4) is 0 Å². The number of allylic oxidation sites excluding steroid dienone is 1. The molecule has 3 saturated carbocycles. The molecular weight excluding hydrogens is 396 g/mol. The van der Waals surface area contributed by atoms with Crippen LogP contribution in [0.4, 0.5) is 0 Å². The molecule has 0 amide bonds. The smallest absolute Gasteiger partial charge is 0.303 e. The summed E-state index contributed by atoms with van der Waals surface area (Å²) < 4.78 is 4.86. The summed E-state index contributed by atoms with van der Waals surface area (Å²) in [5.74, 6) is -0.811. The molecule has 5 unspecified atom stereocenters. The summed E-state index contributed by atoms with van der Waals surface area (Å²) in [6.07, 6.45) is 5.66. The first-order valence-corrected chi connectivity index (χ1v) is 11.7. The van der Waals surface area contributed by atoms with Gasteiger partial charge in [-0.15, -0.1) is 0 Å². The highest BCUT2D eigenvalue weighted by Crippen LogP contribution is 2.66. The molecule has 6 atom stereocenters. The lowest BCUT2D eigenvalue weighted by molar-refractivity contribution is -0.173. The van der Waals surface area contributed by atoms with Crippen LogP contribution in [-0.2, 0) is 23.9 Å². The van der Waals surface area contributed by atoms with Crippen LogP contribution in [0.15, 0.2) is 11.6 Å². The van der Waals surface area contributed by atoms with E-state index < -0.39 is 29.4 Å². The number of esters is 1. The van der Waals surface area contributed by atoms with Crippen molar-refractivity contribution in [2.45, 2.75) is 85.2 Å². The highest BCUT2D eigenvalue weighted by molar-refractivity contribution is 5.95. The van der Waals surface area contributed by atoms with Crippen LogP contribution in [0.3, 0.4) is 0 Å². The Bertz CT molecular complexity index is 828. The molecule has 0 aromatic heterocycles. The summed E-state index contributed by atoms with van der Waals surface area (Å²) in [5.41, 5.74) is -1.68. The maximum Gasteiger partial charge on any atom is 0.303 e. The molecule has 0 aromatic carbocycles. The lowest BCUT2D eigenvalue weighted by atomic mass is 9.46. The van der Waals surface area contributed by atoms with E-state index in [0.717, 1.165) is 18.4 Å². The second-order valence-electron chi connectivity index (χ2n) is 10.0. The molecule has 6 nitrogen and oxygen atoms in total. The number of ether oxygens (including phenoxy) is 1. The van der Waals surface area contributed by atoms with Crippen molar-refractivity contribution in [2.75, 3.05) is 6.61 Å². The number of Topliss-reactive ketones (excluding diaryl/α,β-unsaturated/α-hetero) is 2. The number of carbonyl (C=O) groups is 4. The van der Waals surface area contributed by atoms with Crippen LogP contribution in [-0.4, -0.2) is 40.6 Å². The maximum atomic E-state index is 13.5. The van der Waals surface area contributed by atoms with Gasteiger partial charge in [-0.05, 0) is 55.4 Å². The molecule has 4 aliphatic carbocycles. The minimum Gasteiger partial charge on any atom is -0.458 e. The SMILES string of the molecule is CC.CC(=O)OCC(=O)[C@@]1(O)CCC2C3CCC4=CC(=O)CCC4(C)C3C(=O)CC21C. The Morgan fingerprint density at radius 2 is 1.81 bits per heavy atom. The molecule has 3 fully saturated rings. The third-order valence-corrected chi connectivity index (χ3v) is 8.67. The van der Waals surface area contributed by atoms with Crippen molar-refractivity contribution < 1.29 is 29.0 Å². The summed E-state index contributed by atoms with van der Waals surface area (Å²) in [4.78, 5) is 49.4. The minimum atomic E-state index is -1.65. The monoisotopic (exact) mass is 432 g/mol. The van der Waals surface area contributed by atoms with E-state index in [0.29, 0.717) is 25.7 Å². The zero-order chi connectivity index (χ0) is 23.2. The maximum absolute atomic E-state index is 13.5. The van der Waals surface area contributed by atoms with Crippen LogP contribution in [0.2, 0.25) is 0 Å². The number of aliphatic hydroxyl groups is 1. The van der Waals surface area contributed by atoms with E-state index in [1.165, 1.54) is 6.92 Å².